The van der Waals surface area contributed by atoms with Crippen LogP contribution in [0.2, 0.25) is 0 Å². The number of thioether (sulfide) groups is 1. The van der Waals surface area contributed by atoms with Crippen molar-refractivity contribution in [1.29, 1.82) is 0 Å². The molecule has 0 spiro atoms. The van der Waals surface area contributed by atoms with E-state index in [1.165, 1.54) is 47.8 Å². The summed E-state index contributed by atoms with van der Waals surface area (Å²) < 4.78 is 1.53. The molecule has 1 unspecified atom stereocenters. The number of fused-ring (bicyclic) bond motifs is 1. The average molecular weight is 746 g/mol. The lowest BCUT2D eigenvalue weighted by atomic mass is 10.0. The molecule has 0 bridgehead atoms. The van der Waals surface area contributed by atoms with Gasteiger partial charge in [0, 0.05) is 35.4 Å². The minimum atomic E-state index is -1.80. The molecule has 1 fully saturated rings. The van der Waals surface area contributed by atoms with Crippen LogP contribution in [0.4, 0.5) is 16.6 Å². The van der Waals surface area contributed by atoms with Gasteiger partial charge in [-0.3, -0.25) is 19.3 Å². The van der Waals surface area contributed by atoms with Crippen LogP contribution >= 0.6 is 23.1 Å². The molecule has 0 aliphatic carbocycles. The van der Waals surface area contributed by atoms with Gasteiger partial charge in [-0.15, -0.1) is 32.9 Å². The Morgan fingerprint density at radius 3 is 2.57 bits per heavy atom. The maximum atomic E-state index is 13.3. The van der Waals surface area contributed by atoms with E-state index < -0.39 is 58.1 Å². The molecular weight excluding hydrogens is 713 g/mol. The van der Waals surface area contributed by atoms with Gasteiger partial charge in [0.25, 0.3) is 17.7 Å². The number of carboxylic acid groups (broad SMARTS) is 2. The lowest BCUT2D eigenvalue weighted by Gasteiger charge is -2.49. The SMILES string of the molecule is CC(C)(O/N=C(\C(=O)N[C@@H]1C(=O)N2C(C(=O)O)=C(C[n+]3cc(NCCNC(=O)c4ccc(O)c(O)c4)c(N)[nH]3)CSC12)c1csc(N)n1)C(=O)O. The van der Waals surface area contributed by atoms with Crippen LogP contribution in [0.3, 0.4) is 0 Å². The minimum Gasteiger partial charge on any atom is -0.504 e. The Bertz CT molecular complexity index is 1970. The maximum absolute atomic E-state index is 13.3. The Kier molecular flexibility index (Phi) is 10.3. The zero-order valence-corrected chi connectivity index (χ0v) is 28.5. The number of nitrogen functional groups attached to an aromatic ring is 2. The number of aliphatic carboxylic acids is 2. The van der Waals surface area contributed by atoms with E-state index in [4.69, 9.17) is 16.3 Å². The van der Waals surface area contributed by atoms with E-state index in [0.717, 1.165) is 22.3 Å². The van der Waals surface area contributed by atoms with Crippen molar-refractivity contribution in [2.45, 2.75) is 37.4 Å². The van der Waals surface area contributed by atoms with Crippen LogP contribution in [0.15, 0.2) is 46.2 Å². The normalized spacial score (nSPS) is 17.3. The van der Waals surface area contributed by atoms with E-state index in [0.29, 0.717) is 11.3 Å². The van der Waals surface area contributed by atoms with Crippen LogP contribution in [-0.2, 0) is 30.6 Å². The third-order valence-electron chi connectivity index (χ3n) is 7.56. The van der Waals surface area contributed by atoms with Crippen LogP contribution < -0.4 is 32.1 Å². The van der Waals surface area contributed by atoms with Gasteiger partial charge in [-0.05, 0) is 32.0 Å². The summed E-state index contributed by atoms with van der Waals surface area (Å²) in [5, 5.41) is 54.1. The fourth-order valence-corrected chi connectivity index (χ4v) is 6.74. The number of phenolic OH excluding ortho intramolecular Hbond substituents is 2. The number of aromatic amines is 1. The first-order chi connectivity index (χ1) is 24.1. The van der Waals surface area contributed by atoms with Crippen molar-refractivity contribution in [2.75, 3.05) is 35.6 Å². The molecule has 2 aliphatic rings. The number of carbonyl (C=O) groups is 5. The molecular formula is C29H33N10O10S2+. The molecule has 0 radical (unpaired) electrons. The second-order valence-corrected chi connectivity index (χ2v) is 13.6. The molecule has 1 saturated heterocycles. The largest absolute Gasteiger partial charge is 0.504 e. The first-order valence-electron chi connectivity index (χ1n) is 14.9. The zero-order valence-electron chi connectivity index (χ0n) is 26.9. The van der Waals surface area contributed by atoms with Crippen molar-refractivity contribution >= 4 is 75.1 Å². The van der Waals surface area contributed by atoms with E-state index in [2.05, 4.69) is 31.2 Å². The van der Waals surface area contributed by atoms with Crippen molar-refractivity contribution in [1.82, 2.24) is 25.6 Å². The molecule has 20 nitrogen and oxygen atoms in total. The number of phenols is 2. The van der Waals surface area contributed by atoms with Gasteiger partial charge in [-0.2, -0.15) is 0 Å². The van der Waals surface area contributed by atoms with Gasteiger partial charge >= 0.3 is 11.9 Å². The highest BCUT2D eigenvalue weighted by atomic mass is 32.2. The number of oxime groups is 1. The highest BCUT2D eigenvalue weighted by Gasteiger charge is 2.55. The Morgan fingerprint density at radius 1 is 1.18 bits per heavy atom. The van der Waals surface area contributed by atoms with Gasteiger partial charge < -0.3 is 52.7 Å². The number of hydrogen-bond donors (Lipinski definition) is 10. The number of thiazole rings is 1. The number of carboxylic acids is 2. The molecule has 22 heteroatoms. The minimum absolute atomic E-state index is 0.0133. The number of β-lactam (4-membered cyclic amide) rings is 1. The van der Waals surface area contributed by atoms with Crippen LogP contribution in [0.25, 0.3) is 0 Å². The lowest BCUT2D eigenvalue weighted by Crippen LogP contribution is -2.71. The second kappa shape index (κ2) is 14.4. The van der Waals surface area contributed by atoms with Gasteiger partial charge in [0.05, 0.1) is 0 Å². The summed E-state index contributed by atoms with van der Waals surface area (Å²) in [6.45, 7) is 2.89. The molecule has 4 heterocycles. The number of nitrogens with zero attached hydrogens (tertiary/aromatic N) is 4. The number of H-pyrrole nitrogens is 1. The Balaban J connectivity index is 1.23. The summed E-state index contributed by atoms with van der Waals surface area (Å²) in [5.41, 5.74) is 10.3. The van der Waals surface area contributed by atoms with Crippen molar-refractivity contribution in [2.24, 2.45) is 5.16 Å². The topological polar surface area (TPSA) is 312 Å². The molecule has 2 atom stereocenters. The van der Waals surface area contributed by atoms with Crippen molar-refractivity contribution in [3.8, 4) is 11.5 Å². The highest BCUT2D eigenvalue weighted by molar-refractivity contribution is 8.00. The van der Waals surface area contributed by atoms with Gasteiger partial charge in [-0.1, -0.05) is 5.16 Å². The van der Waals surface area contributed by atoms with Gasteiger partial charge in [-0.25, -0.2) is 14.6 Å². The van der Waals surface area contributed by atoms with Crippen molar-refractivity contribution in [3.05, 3.63) is 52.3 Å². The van der Waals surface area contributed by atoms with Gasteiger partial charge in [0.2, 0.25) is 11.8 Å². The number of aromatic hydroxyl groups is 2. The van der Waals surface area contributed by atoms with E-state index in [9.17, 15) is 44.4 Å². The summed E-state index contributed by atoms with van der Waals surface area (Å²) in [5.74, 6) is -5.15. The second-order valence-electron chi connectivity index (χ2n) is 11.6. The molecule has 270 valence electrons. The summed E-state index contributed by atoms with van der Waals surface area (Å²) in [4.78, 5) is 73.0. The first kappa shape index (κ1) is 36.3. The number of carbonyl (C=O) groups excluding carboxylic acids is 3. The van der Waals surface area contributed by atoms with E-state index >= 15 is 0 Å². The van der Waals surface area contributed by atoms with Crippen LogP contribution in [0.5, 0.6) is 11.5 Å². The summed E-state index contributed by atoms with van der Waals surface area (Å²) >= 11 is 2.22. The highest BCUT2D eigenvalue weighted by Crippen LogP contribution is 2.40. The van der Waals surface area contributed by atoms with E-state index in [1.807, 2.05) is 0 Å². The quantitative estimate of drug-likeness (QED) is 0.0241. The third kappa shape index (κ3) is 7.75. The van der Waals surface area contributed by atoms with E-state index in [1.54, 1.807) is 6.20 Å². The van der Waals surface area contributed by atoms with Gasteiger partial charge in [0.15, 0.2) is 34.7 Å². The third-order valence-corrected chi connectivity index (χ3v) is 9.57. The standard InChI is InChI=1S/C29H32N10O10S2/c1-29(2,27(47)48)49-37-18(15-11-51-28(31)34-15)23(43)35-19-24(44)39-20(26(45)46)13(10-50-25(19)39)8-38-9-14(21(30)36-38)32-5-6-33-22(42)12-3-4-16(40)17(41)7-12/h3-4,7,9,11,19,25,32H,5-6,8,10H2,1-2H3,(H10,30,31,33,34,35,36,37,40,41,42,43,45,46,47,48)/p+1/t19-,25?/m1/s1. The number of hydrogen-bond acceptors (Lipinski definition) is 15. The Hall–Kier alpha value is -6.03. The van der Waals surface area contributed by atoms with Crippen molar-refractivity contribution < 1.29 is 53.9 Å². The maximum Gasteiger partial charge on any atom is 0.352 e. The fourth-order valence-electron chi connectivity index (χ4n) is 4.86. The fraction of sp³-hybridized carbons (Fsp3) is 0.310. The smallest absolute Gasteiger partial charge is 0.352 e. The monoisotopic (exact) mass is 745 g/mol. The van der Waals surface area contributed by atoms with Gasteiger partial charge in [0.1, 0.15) is 28.5 Å². The first-order valence-corrected chi connectivity index (χ1v) is 16.8. The zero-order chi connectivity index (χ0) is 37.2. The number of aromatic nitrogens is 3. The Morgan fingerprint density at radius 2 is 1.92 bits per heavy atom. The lowest BCUT2D eigenvalue weighted by molar-refractivity contribution is -0.741. The molecule has 12 N–H and O–H groups in total. The Labute approximate surface area is 296 Å². The molecule has 1 aromatic carbocycles. The number of rotatable bonds is 14. The molecule has 0 saturated carbocycles. The average Bonchev–Trinajstić information content (AvgIpc) is 3.66. The number of benzene rings is 1. The summed E-state index contributed by atoms with van der Waals surface area (Å²) in [6.07, 6.45) is 1.60. The van der Waals surface area contributed by atoms with Crippen LogP contribution in [0.1, 0.15) is 29.9 Å². The number of nitrogens with two attached hydrogens (primary N) is 2. The molecule has 3 amide bonds. The molecule has 3 aromatic rings. The predicted octanol–water partition coefficient (Wildman–Crippen LogP) is -0.801. The van der Waals surface area contributed by atoms with Crippen LogP contribution in [-0.4, -0.2) is 107 Å². The molecule has 2 aliphatic heterocycles. The van der Waals surface area contributed by atoms with E-state index in [-0.39, 0.29) is 59.0 Å². The van der Waals surface area contributed by atoms with Crippen molar-refractivity contribution in [3.63, 3.8) is 0 Å². The number of anilines is 3. The molecule has 51 heavy (non-hydrogen) atoms. The predicted molar refractivity (Wildman–Crippen MR) is 182 cm³/mol. The summed E-state index contributed by atoms with van der Waals surface area (Å²) in [7, 11) is 0. The van der Waals surface area contributed by atoms with Crippen LogP contribution in [0, 0.1) is 0 Å². The molecule has 2 aromatic heterocycles. The molecule has 5 rings (SSSR count). The summed E-state index contributed by atoms with van der Waals surface area (Å²) in [6, 6.07) is 2.55. The number of amides is 3. The number of nitrogens with one attached hydrogen (secondary N) is 4.